The highest BCUT2D eigenvalue weighted by molar-refractivity contribution is 5.76. The van der Waals surface area contributed by atoms with E-state index in [0.29, 0.717) is 11.5 Å². The molecule has 0 saturated heterocycles. The molecule has 0 amide bonds. The molecule has 3 heterocycles. The Bertz CT molecular complexity index is 683. The molecule has 3 rings (SSSR count). The van der Waals surface area contributed by atoms with Gasteiger partial charge in [0.1, 0.15) is 11.5 Å². The van der Waals surface area contributed by atoms with E-state index in [9.17, 15) is 0 Å². The van der Waals surface area contributed by atoms with E-state index in [-0.39, 0.29) is 0 Å². The third-order valence-corrected chi connectivity index (χ3v) is 2.65. The van der Waals surface area contributed by atoms with Crippen LogP contribution in [0.15, 0.2) is 55.1 Å². The van der Waals surface area contributed by atoms with Gasteiger partial charge in [-0.3, -0.25) is 15.0 Å². The van der Waals surface area contributed by atoms with Gasteiger partial charge < -0.3 is 5.73 Å². The van der Waals surface area contributed by atoms with Crippen molar-refractivity contribution in [3.63, 3.8) is 0 Å². The monoisotopic (exact) mass is 249 g/mol. The number of hydrogen-bond acceptors (Lipinski definition) is 5. The predicted molar refractivity (Wildman–Crippen MR) is 72.9 cm³/mol. The molecule has 0 spiro atoms. The molecule has 0 unspecified atom stereocenters. The van der Waals surface area contributed by atoms with Crippen LogP contribution in [-0.2, 0) is 0 Å². The van der Waals surface area contributed by atoms with Gasteiger partial charge in [0.25, 0.3) is 0 Å². The molecule has 19 heavy (non-hydrogen) atoms. The first-order valence-corrected chi connectivity index (χ1v) is 5.79. The SMILES string of the molecule is Nc1cnc(-c2ccncc2)c(-c2ccccn2)n1. The number of pyridine rings is 2. The molecule has 0 aromatic carbocycles. The third kappa shape index (κ3) is 2.26. The molecule has 0 atom stereocenters. The lowest BCUT2D eigenvalue weighted by atomic mass is 10.1. The summed E-state index contributed by atoms with van der Waals surface area (Å²) in [7, 11) is 0. The molecule has 0 saturated carbocycles. The van der Waals surface area contributed by atoms with E-state index in [1.165, 1.54) is 0 Å². The second-order valence-corrected chi connectivity index (χ2v) is 3.94. The van der Waals surface area contributed by atoms with E-state index in [2.05, 4.69) is 19.9 Å². The smallest absolute Gasteiger partial charge is 0.142 e. The minimum atomic E-state index is 0.374. The molecular weight excluding hydrogens is 238 g/mol. The molecule has 3 aromatic heterocycles. The Morgan fingerprint density at radius 1 is 0.842 bits per heavy atom. The fourth-order valence-electron chi connectivity index (χ4n) is 1.81. The summed E-state index contributed by atoms with van der Waals surface area (Å²) < 4.78 is 0. The molecule has 0 aliphatic heterocycles. The normalized spacial score (nSPS) is 10.3. The molecule has 3 aromatic rings. The van der Waals surface area contributed by atoms with Gasteiger partial charge in [-0.25, -0.2) is 4.98 Å². The van der Waals surface area contributed by atoms with Crippen molar-refractivity contribution < 1.29 is 0 Å². The van der Waals surface area contributed by atoms with Gasteiger partial charge in [0, 0.05) is 24.2 Å². The fourth-order valence-corrected chi connectivity index (χ4v) is 1.81. The summed E-state index contributed by atoms with van der Waals surface area (Å²) in [5.41, 5.74) is 8.83. The first-order valence-electron chi connectivity index (χ1n) is 5.79. The first kappa shape index (κ1) is 11.3. The number of nitrogens with zero attached hydrogens (tertiary/aromatic N) is 4. The van der Waals surface area contributed by atoms with Crippen LogP contribution in [0.5, 0.6) is 0 Å². The quantitative estimate of drug-likeness (QED) is 0.753. The minimum absolute atomic E-state index is 0.374. The summed E-state index contributed by atoms with van der Waals surface area (Å²) in [5, 5.41) is 0. The summed E-state index contributed by atoms with van der Waals surface area (Å²) >= 11 is 0. The van der Waals surface area contributed by atoms with Crippen molar-refractivity contribution in [3.05, 3.63) is 55.1 Å². The lowest BCUT2D eigenvalue weighted by Crippen LogP contribution is -1.99. The van der Waals surface area contributed by atoms with Crippen LogP contribution >= 0.6 is 0 Å². The van der Waals surface area contributed by atoms with E-state index in [1.54, 1.807) is 24.8 Å². The van der Waals surface area contributed by atoms with Crippen molar-refractivity contribution in [2.24, 2.45) is 0 Å². The highest BCUT2D eigenvalue weighted by Crippen LogP contribution is 2.27. The van der Waals surface area contributed by atoms with Crippen molar-refractivity contribution in [2.45, 2.75) is 0 Å². The zero-order valence-corrected chi connectivity index (χ0v) is 10.1. The molecule has 0 aliphatic rings. The van der Waals surface area contributed by atoms with Crippen LogP contribution in [0.25, 0.3) is 22.6 Å². The molecule has 0 radical (unpaired) electrons. The maximum Gasteiger partial charge on any atom is 0.142 e. The average molecular weight is 249 g/mol. The van der Waals surface area contributed by atoms with Gasteiger partial charge in [-0.2, -0.15) is 0 Å². The molecule has 0 bridgehead atoms. The van der Waals surface area contributed by atoms with Crippen molar-refractivity contribution >= 4 is 5.82 Å². The van der Waals surface area contributed by atoms with Crippen LogP contribution < -0.4 is 5.73 Å². The third-order valence-electron chi connectivity index (χ3n) is 2.65. The van der Waals surface area contributed by atoms with Crippen LogP contribution in [0.1, 0.15) is 0 Å². The van der Waals surface area contributed by atoms with Gasteiger partial charge in [-0.05, 0) is 24.3 Å². The molecular formula is C14H11N5. The lowest BCUT2D eigenvalue weighted by molar-refractivity contribution is 1.18. The van der Waals surface area contributed by atoms with E-state index < -0.39 is 0 Å². The van der Waals surface area contributed by atoms with Crippen LogP contribution in [0.3, 0.4) is 0 Å². The molecule has 0 aliphatic carbocycles. The summed E-state index contributed by atoms with van der Waals surface area (Å²) in [5.74, 6) is 0.374. The van der Waals surface area contributed by atoms with Gasteiger partial charge in [0.2, 0.25) is 0 Å². The van der Waals surface area contributed by atoms with E-state index in [0.717, 1.165) is 17.0 Å². The predicted octanol–water partition coefficient (Wildman–Crippen LogP) is 2.18. The fraction of sp³-hybridized carbons (Fsp3) is 0. The standard InChI is InChI=1S/C14H11N5/c15-12-9-18-13(10-4-7-16-8-5-10)14(19-12)11-3-1-2-6-17-11/h1-9H,(H2,15,19). The van der Waals surface area contributed by atoms with Gasteiger partial charge in [0.15, 0.2) is 0 Å². The topological polar surface area (TPSA) is 77.6 Å². The van der Waals surface area contributed by atoms with Crippen molar-refractivity contribution in [1.82, 2.24) is 19.9 Å². The molecule has 5 nitrogen and oxygen atoms in total. The Labute approximate surface area is 110 Å². The maximum atomic E-state index is 5.73. The van der Waals surface area contributed by atoms with Gasteiger partial charge in [-0.15, -0.1) is 0 Å². The first-order chi connectivity index (χ1) is 9.34. The summed E-state index contributed by atoms with van der Waals surface area (Å²) in [6.45, 7) is 0. The lowest BCUT2D eigenvalue weighted by Gasteiger charge is -2.07. The minimum Gasteiger partial charge on any atom is -0.382 e. The summed E-state index contributed by atoms with van der Waals surface area (Å²) in [4.78, 5) is 17.0. The Hall–Kier alpha value is -2.82. The van der Waals surface area contributed by atoms with Crippen LogP contribution in [0, 0.1) is 0 Å². The van der Waals surface area contributed by atoms with E-state index in [1.807, 2.05) is 30.3 Å². The van der Waals surface area contributed by atoms with Crippen molar-refractivity contribution in [1.29, 1.82) is 0 Å². The van der Waals surface area contributed by atoms with Gasteiger partial charge in [0.05, 0.1) is 17.6 Å². The van der Waals surface area contributed by atoms with Crippen molar-refractivity contribution in [3.8, 4) is 22.6 Å². The second-order valence-electron chi connectivity index (χ2n) is 3.94. The second kappa shape index (κ2) is 4.81. The largest absolute Gasteiger partial charge is 0.382 e. The van der Waals surface area contributed by atoms with E-state index in [4.69, 9.17) is 5.73 Å². The molecule has 92 valence electrons. The average Bonchev–Trinajstić information content (AvgIpc) is 2.49. The molecule has 5 heteroatoms. The highest BCUT2D eigenvalue weighted by Gasteiger charge is 2.11. The Morgan fingerprint density at radius 3 is 2.42 bits per heavy atom. The van der Waals surface area contributed by atoms with Crippen LogP contribution in [0.4, 0.5) is 5.82 Å². The van der Waals surface area contributed by atoms with Gasteiger partial charge >= 0.3 is 0 Å². The number of hydrogen-bond donors (Lipinski definition) is 1. The molecule has 0 fully saturated rings. The van der Waals surface area contributed by atoms with E-state index >= 15 is 0 Å². The maximum absolute atomic E-state index is 5.73. The zero-order valence-electron chi connectivity index (χ0n) is 10.1. The van der Waals surface area contributed by atoms with Crippen LogP contribution in [-0.4, -0.2) is 19.9 Å². The summed E-state index contributed by atoms with van der Waals surface area (Å²) in [6, 6.07) is 9.41. The number of anilines is 1. The van der Waals surface area contributed by atoms with Crippen molar-refractivity contribution in [2.75, 3.05) is 5.73 Å². The highest BCUT2D eigenvalue weighted by atomic mass is 14.9. The number of nitrogens with two attached hydrogens (primary N) is 1. The Morgan fingerprint density at radius 2 is 1.68 bits per heavy atom. The van der Waals surface area contributed by atoms with Gasteiger partial charge in [-0.1, -0.05) is 6.07 Å². The molecule has 2 N–H and O–H groups in total. The zero-order chi connectivity index (χ0) is 13.1. The van der Waals surface area contributed by atoms with Crippen LogP contribution in [0.2, 0.25) is 0 Å². The number of rotatable bonds is 2. The summed E-state index contributed by atoms with van der Waals surface area (Å²) in [6.07, 6.45) is 6.70. The number of aromatic nitrogens is 4. The Balaban J connectivity index is 2.21. The number of nitrogen functional groups attached to an aromatic ring is 1. The Kier molecular flexibility index (Phi) is 2.86.